The van der Waals surface area contributed by atoms with Crippen LogP contribution in [0.1, 0.15) is 25.3 Å². The smallest absolute Gasteiger partial charge is 0.307 e. The first-order valence-electron chi connectivity index (χ1n) is 9.15. The van der Waals surface area contributed by atoms with E-state index in [2.05, 4.69) is 5.32 Å². The maximum atomic E-state index is 12.8. The molecule has 7 nitrogen and oxygen atoms in total. The molecule has 26 heavy (non-hydrogen) atoms. The molecular weight excluding hydrogens is 334 g/mol. The zero-order valence-corrected chi connectivity index (χ0v) is 15.1. The number of carbonyl (C=O) groups is 3. The van der Waals surface area contributed by atoms with Gasteiger partial charge >= 0.3 is 5.97 Å². The number of para-hydroxylation sites is 1. The van der Waals surface area contributed by atoms with E-state index in [4.69, 9.17) is 4.74 Å². The lowest BCUT2D eigenvalue weighted by Gasteiger charge is -2.34. The highest BCUT2D eigenvalue weighted by atomic mass is 16.5. The van der Waals surface area contributed by atoms with Gasteiger partial charge in [-0.2, -0.15) is 0 Å². The SMILES string of the molecule is CCCOC(=O)CC1C(=O)NCCN1CC(=O)N1CCc2ccccc21. The van der Waals surface area contributed by atoms with E-state index >= 15 is 0 Å². The van der Waals surface area contributed by atoms with Crippen LogP contribution in [-0.2, 0) is 25.5 Å². The number of fused-ring (bicyclic) bond motifs is 1. The van der Waals surface area contributed by atoms with Gasteiger partial charge in [-0.1, -0.05) is 25.1 Å². The summed E-state index contributed by atoms with van der Waals surface area (Å²) in [6.07, 6.45) is 1.55. The van der Waals surface area contributed by atoms with Crippen molar-refractivity contribution in [2.75, 3.05) is 37.7 Å². The molecule has 0 aromatic heterocycles. The summed E-state index contributed by atoms with van der Waals surface area (Å²) in [5.74, 6) is -0.672. The van der Waals surface area contributed by atoms with Crippen molar-refractivity contribution < 1.29 is 19.1 Å². The number of piperazine rings is 1. The van der Waals surface area contributed by atoms with Gasteiger partial charge in [0.1, 0.15) is 6.04 Å². The van der Waals surface area contributed by atoms with Gasteiger partial charge in [0.15, 0.2) is 0 Å². The molecule has 0 radical (unpaired) electrons. The number of benzene rings is 1. The molecule has 140 valence electrons. The molecule has 1 unspecified atom stereocenters. The van der Waals surface area contributed by atoms with Crippen LogP contribution >= 0.6 is 0 Å². The van der Waals surface area contributed by atoms with Crippen molar-refractivity contribution in [3.63, 3.8) is 0 Å². The van der Waals surface area contributed by atoms with Gasteiger partial charge in [0, 0.05) is 25.3 Å². The number of anilines is 1. The van der Waals surface area contributed by atoms with Gasteiger partial charge in [0.25, 0.3) is 0 Å². The molecule has 1 atom stereocenters. The Kier molecular flexibility index (Phi) is 5.88. The maximum Gasteiger partial charge on any atom is 0.307 e. The number of nitrogens with one attached hydrogen (secondary N) is 1. The molecule has 3 rings (SSSR count). The van der Waals surface area contributed by atoms with E-state index in [9.17, 15) is 14.4 Å². The predicted molar refractivity (Wildman–Crippen MR) is 96.7 cm³/mol. The van der Waals surface area contributed by atoms with Crippen LogP contribution in [0.5, 0.6) is 0 Å². The van der Waals surface area contributed by atoms with E-state index in [-0.39, 0.29) is 24.8 Å². The first-order valence-corrected chi connectivity index (χ1v) is 9.15. The second-order valence-electron chi connectivity index (χ2n) is 6.63. The number of amides is 2. The molecule has 2 aliphatic rings. The Morgan fingerprint density at radius 1 is 1.27 bits per heavy atom. The van der Waals surface area contributed by atoms with Crippen molar-refractivity contribution in [2.45, 2.75) is 32.2 Å². The second kappa shape index (κ2) is 8.31. The first-order chi connectivity index (χ1) is 12.6. The van der Waals surface area contributed by atoms with E-state index in [1.54, 1.807) is 9.80 Å². The Labute approximate surface area is 153 Å². The van der Waals surface area contributed by atoms with Crippen molar-refractivity contribution in [3.05, 3.63) is 29.8 Å². The van der Waals surface area contributed by atoms with E-state index in [1.165, 1.54) is 0 Å². The fourth-order valence-corrected chi connectivity index (χ4v) is 3.46. The average Bonchev–Trinajstić information content (AvgIpc) is 3.07. The molecule has 1 saturated heterocycles. The van der Waals surface area contributed by atoms with Crippen molar-refractivity contribution in [2.24, 2.45) is 0 Å². The summed E-state index contributed by atoms with van der Waals surface area (Å²) in [7, 11) is 0. The van der Waals surface area contributed by atoms with Crippen LogP contribution in [0.15, 0.2) is 24.3 Å². The van der Waals surface area contributed by atoms with E-state index in [1.807, 2.05) is 31.2 Å². The molecule has 7 heteroatoms. The van der Waals surface area contributed by atoms with Crippen LogP contribution in [0.4, 0.5) is 5.69 Å². The normalized spacial score (nSPS) is 19.8. The Bertz CT molecular complexity index is 691. The van der Waals surface area contributed by atoms with Crippen LogP contribution in [0.3, 0.4) is 0 Å². The third-order valence-corrected chi connectivity index (χ3v) is 4.80. The number of ether oxygens (including phenoxy) is 1. The minimum atomic E-state index is -0.657. The Morgan fingerprint density at radius 2 is 2.08 bits per heavy atom. The first kappa shape index (κ1) is 18.4. The Morgan fingerprint density at radius 3 is 2.88 bits per heavy atom. The summed E-state index contributed by atoms with van der Waals surface area (Å²) < 4.78 is 5.10. The summed E-state index contributed by atoms with van der Waals surface area (Å²) in [6, 6.07) is 7.21. The molecule has 2 heterocycles. The highest BCUT2D eigenvalue weighted by molar-refractivity contribution is 5.97. The summed E-state index contributed by atoms with van der Waals surface area (Å²) in [5, 5.41) is 2.77. The van der Waals surface area contributed by atoms with Gasteiger partial charge in [-0.25, -0.2) is 0 Å². The number of nitrogens with zero attached hydrogens (tertiary/aromatic N) is 2. The lowest BCUT2D eigenvalue weighted by atomic mass is 10.1. The molecule has 1 N–H and O–H groups in total. The summed E-state index contributed by atoms with van der Waals surface area (Å²) in [6.45, 7) is 4.05. The Balaban J connectivity index is 1.65. The second-order valence-corrected chi connectivity index (χ2v) is 6.63. The molecule has 0 bridgehead atoms. The molecule has 0 spiro atoms. The zero-order chi connectivity index (χ0) is 18.5. The summed E-state index contributed by atoms with van der Waals surface area (Å²) in [5.41, 5.74) is 2.11. The van der Waals surface area contributed by atoms with E-state index < -0.39 is 12.0 Å². The van der Waals surface area contributed by atoms with Crippen molar-refractivity contribution >= 4 is 23.5 Å². The lowest BCUT2D eigenvalue weighted by Crippen LogP contribution is -2.58. The molecule has 1 aromatic rings. The zero-order valence-electron chi connectivity index (χ0n) is 15.1. The van der Waals surface area contributed by atoms with Gasteiger partial charge in [0.2, 0.25) is 11.8 Å². The van der Waals surface area contributed by atoms with Crippen LogP contribution < -0.4 is 10.2 Å². The fourth-order valence-electron chi connectivity index (χ4n) is 3.46. The molecule has 1 aromatic carbocycles. The summed E-state index contributed by atoms with van der Waals surface area (Å²) >= 11 is 0. The van der Waals surface area contributed by atoms with Gasteiger partial charge in [-0.15, -0.1) is 0 Å². The van der Waals surface area contributed by atoms with Crippen molar-refractivity contribution in [1.82, 2.24) is 10.2 Å². The minimum Gasteiger partial charge on any atom is -0.466 e. The minimum absolute atomic E-state index is 0.0320. The maximum absolute atomic E-state index is 12.8. The largest absolute Gasteiger partial charge is 0.466 e. The van der Waals surface area contributed by atoms with Gasteiger partial charge in [0.05, 0.1) is 19.6 Å². The number of hydrogen-bond acceptors (Lipinski definition) is 5. The molecule has 0 aliphatic carbocycles. The van der Waals surface area contributed by atoms with Gasteiger partial charge in [-0.3, -0.25) is 19.3 Å². The molecule has 2 amide bonds. The standard InChI is InChI=1S/C19H25N3O4/c1-2-11-26-18(24)12-16-19(25)20-8-10-21(16)13-17(23)22-9-7-14-5-3-4-6-15(14)22/h3-6,16H,2,7-13H2,1H3,(H,20,25). The van der Waals surface area contributed by atoms with Crippen molar-refractivity contribution in [1.29, 1.82) is 0 Å². The third kappa shape index (κ3) is 4.04. The fraction of sp³-hybridized carbons (Fsp3) is 0.526. The number of rotatable bonds is 6. The lowest BCUT2D eigenvalue weighted by molar-refractivity contribution is -0.149. The van der Waals surface area contributed by atoms with Crippen LogP contribution in [0, 0.1) is 0 Å². The summed E-state index contributed by atoms with van der Waals surface area (Å²) in [4.78, 5) is 40.6. The predicted octanol–water partition coefficient (Wildman–Crippen LogP) is 0.719. The molecule has 2 aliphatic heterocycles. The average molecular weight is 359 g/mol. The monoisotopic (exact) mass is 359 g/mol. The number of hydrogen-bond donors (Lipinski definition) is 1. The highest BCUT2D eigenvalue weighted by Crippen LogP contribution is 2.27. The quantitative estimate of drug-likeness (QED) is 0.757. The highest BCUT2D eigenvalue weighted by Gasteiger charge is 2.35. The van der Waals surface area contributed by atoms with Gasteiger partial charge in [-0.05, 0) is 24.5 Å². The molecule has 1 fully saturated rings. The molecule has 0 saturated carbocycles. The van der Waals surface area contributed by atoms with E-state index in [0.717, 1.165) is 24.1 Å². The third-order valence-electron chi connectivity index (χ3n) is 4.80. The van der Waals surface area contributed by atoms with Crippen LogP contribution in [0.2, 0.25) is 0 Å². The van der Waals surface area contributed by atoms with Crippen molar-refractivity contribution in [3.8, 4) is 0 Å². The number of esters is 1. The van der Waals surface area contributed by atoms with E-state index in [0.29, 0.717) is 26.2 Å². The van der Waals surface area contributed by atoms with Crippen LogP contribution in [0.25, 0.3) is 0 Å². The number of carbonyl (C=O) groups excluding carboxylic acids is 3. The molecular formula is C19H25N3O4. The topological polar surface area (TPSA) is 79.0 Å². The van der Waals surface area contributed by atoms with Gasteiger partial charge < -0.3 is 15.0 Å². The van der Waals surface area contributed by atoms with Crippen LogP contribution in [-0.4, -0.2) is 61.5 Å². The Hall–Kier alpha value is -2.41.